The number of hydrogen-bond acceptors (Lipinski definition) is 1. The molecule has 60 valence electrons. The fourth-order valence-electron chi connectivity index (χ4n) is 0.606. The van der Waals surface area contributed by atoms with Crippen LogP contribution in [0.5, 0.6) is 0 Å². The topological polar surface area (TPSA) is 9.23 Å². The summed E-state index contributed by atoms with van der Waals surface area (Å²) in [7, 11) is -1.24. The Morgan fingerprint density at radius 3 is 2.40 bits per heavy atom. The highest BCUT2D eigenvalue weighted by atomic mass is 28.4. The van der Waals surface area contributed by atoms with Crippen molar-refractivity contribution in [1.82, 2.24) is 0 Å². The van der Waals surface area contributed by atoms with E-state index in [1.807, 2.05) is 6.08 Å². The summed E-state index contributed by atoms with van der Waals surface area (Å²) in [5.41, 5.74) is 0. The Hall–Kier alpha value is -0.0831. The van der Waals surface area contributed by atoms with Gasteiger partial charge in [0.25, 0.3) is 0 Å². The van der Waals surface area contributed by atoms with Crippen LogP contribution in [0.3, 0.4) is 0 Å². The molecule has 0 aromatic rings. The van der Waals surface area contributed by atoms with Crippen LogP contribution in [0.25, 0.3) is 0 Å². The van der Waals surface area contributed by atoms with E-state index in [1.165, 1.54) is 0 Å². The molecule has 0 aliphatic rings. The van der Waals surface area contributed by atoms with Gasteiger partial charge in [-0.25, -0.2) is 0 Å². The smallest absolute Gasteiger partial charge is 0.183 e. The molecule has 0 atom stereocenters. The van der Waals surface area contributed by atoms with Crippen LogP contribution in [-0.2, 0) is 4.43 Å². The molecule has 0 saturated carbocycles. The molecule has 2 heteroatoms. The molecule has 0 aliphatic heterocycles. The van der Waals surface area contributed by atoms with Crippen molar-refractivity contribution in [2.75, 3.05) is 6.61 Å². The fraction of sp³-hybridized carbons (Fsp3) is 0.750. The normalized spacial score (nSPS) is 11.5. The van der Waals surface area contributed by atoms with Gasteiger partial charge in [-0.2, -0.15) is 0 Å². The van der Waals surface area contributed by atoms with Crippen LogP contribution in [0.15, 0.2) is 12.7 Å². The molecule has 0 amide bonds. The van der Waals surface area contributed by atoms with Gasteiger partial charge in [-0.05, 0) is 32.5 Å². The first-order valence-corrected chi connectivity index (χ1v) is 7.22. The Morgan fingerprint density at radius 2 is 2.00 bits per heavy atom. The summed E-state index contributed by atoms with van der Waals surface area (Å²) in [5.74, 6) is 0. The highest BCUT2D eigenvalue weighted by molar-refractivity contribution is 6.69. The first-order valence-electron chi connectivity index (χ1n) is 3.81. The van der Waals surface area contributed by atoms with Crippen LogP contribution >= 0.6 is 0 Å². The minimum absolute atomic E-state index is 0.905. The van der Waals surface area contributed by atoms with Crippen molar-refractivity contribution in [2.45, 2.75) is 32.5 Å². The summed E-state index contributed by atoms with van der Waals surface area (Å²) < 4.78 is 5.62. The van der Waals surface area contributed by atoms with Crippen molar-refractivity contribution in [2.24, 2.45) is 0 Å². The Balaban J connectivity index is 3.12. The number of rotatable bonds is 5. The van der Waals surface area contributed by atoms with Gasteiger partial charge in [-0.3, -0.25) is 0 Å². The molecule has 0 aromatic carbocycles. The monoisotopic (exact) mass is 158 g/mol. The van der Waals surface area contributed by atoms with E-state index in [4.69, 9.17) is 4.43 Å². The zero-order valence-electron chi connectivity index (χ0n) is 7.31. The first kappa shape index (κ1) is 9.92. The molecular formula is C8H18OSi. The largest absolute Gasteiger partial charge is 0.418 e. The molecule has 10 heavy (non-hydrogen) atoms. The molecule has 0 spiro atoms. The lowest BCUT2D eigenvalue weighted by Crippen LogP contribution is -2.25. The number of allylic oxidation sites excluding steroid dienone is 1. The minimum Gasteiger partial charge on any atom is -0.418 e. The maximum atomic E-state index is 5.62. The molecule has 0 rings (SSSR count). The van der Waals surface area contributed by atoms with Gasteiger partial charge in [0, 0.05) is 6.61 Å². The van der Waals surface area contributed by atoms with Crippen LogP contribution in [0.1, 0.15) is 12.8 Å². The molecule has 0 heterocycles. The highest BCUT2D eigenvalue weighted by Crippen LogP contribution is 2.03. The van der Waals surface area contributed by atoms with Crippen molar-refractivity contribution in [3.05, 3.63) is 12.7 Å². The third kappa shape index (κ3) is 7.92. The summed E-state index contributed by atoms with van der Waals surface area (Å²) in [6, 6.07) is 0. The quantitative estimate of drug-likeness (QED) is 0.339. The van der Waals surface area contributed by atoms with E-state index in [1.54, 1.807) is 0 Å². The molecule has 0 radical (unpaired) electrons. The molecule has 0 bridgehead atoms. The Bertz CT molecular complexity index is 93.9. The molecule has 0 unspecified atom stereocenters. The second kappa shape index (κ2) is 4.69. The summed E-state index contributed by atoms with van der Waals surface area (Å²) in [6.07, 6.45) is 4.13. The third-order valence-corrected chi connectivity index (χ3v) is 2.16. The van der Waals surface area contributed by atoms with Crippen molar-refractivity contribution in [3.8, 4) is 0 Å². The molecule has 0 saturated heterocycles. The third-order valence-electron chi connectivity index (χ3n) is 1.09. The molecule has 1 nitrogen and oxygen atoms in total. The van der Waals surface area contributed by atoms with E-state index in [9.17, 15) is 0 Å². The van der Waals surface area contributed by atoms with E-state index in [2.05, 4.69) is 26.2 Å². The van der Waals surface area contributed by atoms with Gasteiger partial charge in [0.15, 0.2) is 8.32 Å². The molecule has 0 aromatic heterocycles. The Labute approximate surface area is 65.2 Å². The van der Waals surface area contributed by atoms with Crippen LogP contribution in [0, 0.1) is 0 Å². The van der Waals surface area contributed by atoms with Crippen molar-refractivity contribution >= 4 is 8.32 Å². The lowest BCUT2D eigenvalue weighted by Gasteiger charge is -2.16. The van der Waals surface area contributed by atoms with Gasteiger partial charge in [-0.15, -0.1) is 6.58 Å². The summed E-state index contributed by atoms with van der Waals surface area (Å²) in [6.45, 7) is 11.2. The molecule has 0 fully saturated rings. The van der Waals surface area contributed by atoms with E-state index >= 15 is 0 Å². The highest BCUT2D eigenvalue weighted by Gasteiger charge is 2.12. The minimum atomic E-state index is -1.24. The predicted molar refractivity (Wildman–Crippen MR) is 48.7 cm³/mol. The maximum absolute atomic E-state index is 5.62. The Kier molecular flexibility index (Phi) is 4.65. The summed E-state index contributed by atoms with van der Waals surface area (Å²) in [5, 5.41) is 0. The average molecular weight is 158 g/mol. The van der Waals surface area contributed by atoms with Crippen LogP contribution in [0.2, 0.25) is 19.6 Å². The number of hydrogen-bond donors (Lipinski definition) is 0. The van der Waals surface area contributed by atoms with Gasteiger partial charge < -0.3 is 4.43 Å². The van der Waals surface area contributed by atoms with Gasteiger partial charge in [0.1, 0.15) is 0 Å². The van der Waals surface area contributed by atoms with Crippen molar-refractivity contribution < 1.29 is 4.43 Å². The zero-order chi connectivity index (χ0) is 8.04. The lowest BCUT2D eigenvalue weighted by molar-refractivity contribution is 0.306. The lowest BCUT2D eigenvalue weighted by atomic mass is 10.3. The van der Waals surface area contributed by atoms with Gasteiger partial charge in [-0.1, -0.05) is 6.08 Å². The van der Waals surface area contributed by atoms with Gasteiger partial charge in [0.2, 0.25) is 0 Å². The first-order chi connectivity index (χ1) is 4.56. The van der Waals surface area contributed by atoms with Crippen LogP contribution in [-0.4, -0.2) is 14.9 Å². The Morgan fingerprint density at radius 1 is 1.40 bits per heavy atom. The van der Waals surface area contributed by atoms with E-state index in [0.29, 0.717) is 0 Å². The van der Waals surface area contributed by atoms with Crippen molar-refractivity contribution in [3.63, 3.8) is 0 Å². The van der Waals surface area contributed by atoms with Gasteiger partial charge in [0.05, 0.1) is 0 Å². The van der Waals surface area contributed by atoms with Crippen LogP contribution < -0.4 is 0 Å². The molecule has 0 aliphatic carbocycles. The van der Waals surface area contributed by atoms with Gasteiger partial charge >= 0.3 is 0 Å². The second-order valence-corrected chi connectivity index (χ2v) is 7.91. The zero-order valence-corrected chi connectivity index (χ0v) is 8.31. The second-order valence-electron chi connectivity index (χ2n) is 3.39. The van der Waals surface area contributed by atoms with E-state index < -0.39 is 8.32 Å². The van der Waals surface area contributed by atoms with Crippen LogP contribution in [0.4, 0.5) is 0 Å². The average Bonchev–Trinajstić information content (AvgIpc) is 1.78. The summed E-state index contributed by atoms with van der Waals surface area (Å²) >= 11 is 0. The fourth-order valence-corrected chi connectivity index (χ4v) is 1.36. The predicted octanol–water partition coefficient (Wildman–Crippen LogP) is 2.80. The standard InChI is InChI=1S/C8H18OSi/c1-5-6-7-8-9-10(2,3)4/h5H,1,6-8H2,2-4H3. The number of unbranched alkanes of at least 4 members (excludes halogenated alkanes) is 1. The van der Waals surface area contributed by atoms with E-state index in [-0.39, 0.29) is 0 Å². The summed E-state index contributed by atoms with van der Waals surface area (Å²) in [4.78, 5) is 0. The SMILES string of the molecule is C=CCCCO[Si](C)(C)C. The van der Waals surface area contributed by atoms with Crippen molar-refractivity contribution in [1.29, 1.82) is 0 Å². The van der Waals surface area contributed by atoms with E-state index in [0.717, 1.165) is 19.4 Å². The molecule has 0 N–H and O–H groups in total. The molecular weight excluding hydrogens is 140 g/mol. The maximum Gasteiger partial charge on any atom is 0.183 e.